The van der Waals surface area contributed by atoms with Gasteiger partial charge < -0.3 is 24.4 Å². The van der Waals surface area contributed by atoms with Crippen molar-refractivity contribution in [3.63, 3.8) is 0 Å². The van der Waals surface area contributed by atoms with E-state index in [9.17, 15) is 15.0 Å². The van der Waals surface area contributed by atoms with Crippen LogP contribution in [-0.2, 0) is 19.0 Å². The lowest BCUT2D eigenvalue weighted by Crippen LogP contribution is -2.64. The van der Waals surface area contributed by atoms with Gasteiger partial charge in [-0.2, -0.15) is 0 Å². The van der Waals surface area contributed by atoms with Crippen LogP contribution in [0.2, 0.25) is 0 Å². The number of aliphatic hydroxyl groups is 2. The molecular formula is C29H44O6. The molecule has 196 valence electrons. The van der Waals surface area contributed by atoms with Crippen LogP contribution < -0.4 is 0 Å². The van der Waals surface area contributed by atoms with E-state index in [0.29, 0.717) is 24.2 Å². The Hall–Kier alpha value is -0.950. The monoisotopic (exact) mass is 488 g/mol. The topological polar surface area (TPSA) is 85.2 Å². The molecule has 2 bridgehead atoms. The van der Waals surface area contributed by atoms with E-state index >= 15 is 0 Å². The third kappa shape index (κ3) is 3.12. The number of hydrogen-bond donors (Lipinski definition) is 2. The van der Waals surface area contributed by atoms with E-state index in [0.717, 1.165) is 38.5 Å². The summed E-state index contributed by atoms with van der Waals surface area (Å²) in [5.74, 6) is 0.336. The SMILES string of the molecule is CC(=O)O[C@@H]1C[C@]2(C(C)(C)O)O[C@H]3C[C@H]4[C@@H]5CC=C6C[C@@H](O)CC[C@]6(C)[C@H]5CC[C@]4(C)C3[C@@]1(C)O2. The fourth-order valence-electron chi connectivity index (χ4n) is 10.1. The van der Waals surface area contributed by atoms with E-state index in [1.54, 1.807) is 13.8 Å². The second kappa shape index (κ2) is 7.33. The minimum absolute atomic E-state index is 0.0188. The van der Waals surface area contributed by atoms with Crippen LogP contribution in [0.25, 0.3) is 0 Å². The van der Waals surface area contributed by atoms with Crippen LogP contribution in [0.4, 0.5) is 0 Å². The van der Waals surface area contributed by atoms with Crippen molar-refractivity contribution in [3.05, 3.63) is 11.6 Å². The summed E-state index contributed by atoms with van der Waals surface area (Å²) >= 11 is 0. The van der Waals surface area contributed by atoms with Gasteiger partial charge in [0.1, 0.15) is 17.3 Å². The summed E-state index contributed by atoms with van der Waals surface area (Å²) < 4.78 is 19.4. The van der Waals surface area contributed by atoms with Crippen molar-refractivity contribution in [1.29, 1.82) is 0 Å². The minimum Gasteiger partial charge on any atom is -0.459 e. The van der Waals surface area contributed by atoms with Crippen LogP contribution in [0.15, 0.2) is 11.6 Å². The molecule has 0 aromatic rings. The molecule has 2 saturated heterocycles. The lowest BCUT2D eigenvalue weighted by Gasteiger charge is -2.59. The predicted octanol–water partition coefficient (Wildman–Crippen LogP) is 4.51. The average Bonchev–Trinajstić information content (AvgIpc) is 3.17. The van der Waals surface area contributed by atoms with Gasteiger partial charge in [-0.05, 0) is 94.3 Å². The molecule has 1 unspecified atom stereocenters. The zero-order valence-electron chi connectivity index (χ0n) is 22.3. The molecule has 0 spiro atoms. The molecule has 35 heavy (non-hydrogen) atoms. The smallest absolute Gasteiger partial charge is 0.303 e. The molecule has 0 radical (unpaired) electrons. The number of aliphatic hydroxyl groups excluding tert-OH is 1. The normalized spacial score (nSPS) is 54.7. The van der Waals surface area contributed by atoms with E-state index in [1.165, 1.54) is 18.9 Å². The van der Waals surface area contributed by atoms with Crippen LogP contribution in [-0.4, -0.2) is 51.5 Å². The van der Waals surface area contributed by atoms with Gasteiger partial charge in [-0.1, -0.05) is 25.5 Å². The molecule has 6 aliphatic rings. The molecule has 6 nitrogen and oxygen atoms in total. The molecule has 6 rings (SSSR count). The number of carbonyl (C=O) groups excluding carboxylic acids is 1. The Bertz CT molecular complexity index is 953. The van der Waals surface area contributed by atoms with Crippen LogP contribution >= 0.6 is 0 Å². The molecule has 2 aliphatic heterocycles. The van der Waals surface area contributed by atoms with Crippen LogP contribution in [0, 0.1) is 34.5 Å². The molecule has 2 N–H and O–H groups in total. The first-order valence-corrected chi connectivity index (χ1v) is 13.9. The molecule has 3 saturated carbocycles. The highest BCUT2D eigenvalue weighted by Crippen LogP contribution is 2.72. The predicted molar refractivity (Wildman–Crippen MR) is 130 cm³/mol. The van der Waals surface area contributed by atoms with Crippen LogP contribution in [0.3, 0.4) is 0 Å². The number of allylic oxidation sites excluding steroid dienone is 1. The van der Waals surface area contributed by atoms with Crippen molar-refractivity contribution in [2.45, 2.75) is 128 Å². The third-order valence-corrected chi connectivity index (χ3v) is 11.8. The maximum absolute atomic E-state index is 12.1. The van der Waals surface area contributed by atoms with Crippen molar-refractivity contribution in [1.82, 2.24) is 0 Å². The molecule has 4 aliphatic carbocycles. The van der Waals surface area contributed by atoms with Gasteiger partial charge in [0.2, 0.25) is 5.79 Å². The quantitative estimate of drug-likeness (QED) is 0.439. The van der Waals surface area contributed by atoms with Gasteiger partial charge >= 0.3 is 5.97 Å². The Balaban J connectivity index is 1.38. The van der Waals surface area contributed by atoms with Crippen molar-refractivity contribution < 1.29 is 29.2 Å². The lowest BCUT2D eigenvalue weighted by molar-refractivity contribution is -0.384. The molecular weight excluding hydrogens is 444 g/mol. The molecule has 0 amide bonds. The van der Waals surface area contributed by atoms with Gasteiger partial charge in [0.25, 0.3) is 0 Å². The second-order valence-corrected chi connectivity index (χ2v) is 14.0. The highest BCUT2D eigenvalue weighted by Gasteiger charge is 2.76. The zero-order chi connectivity index (χ0) is 25.2. The fraction of sp³-hybridized carbons (Fsp3) is 0.897. The fourth-order valence-corrected chi connectivity index (χ4v) is 10.1. The van der Waals surface area contributed by atoms with E-state index in [4.69, 9.17) is 14.2 Å². The van der Waals surface area contributed by atoms with Crippen molar-refractivity contribution in [3.8, 4) is 0 Å². The number of hydrogen-bond acceptors (Lipinski definition) is 6. The number of rotatable bonds is 2. The second-order valence-electron chi connectivity index (χ2n) is 14.0. The number of esters is 1. The molecule has 11 atom stereocenters. The lowest BCUT2D eigenvalue weighted by atomic mass is 9.46. The standard InChI is InChI=1S/C29H44O6/c1-16(30)33-23-15-29(25(2,3)32)34-22-14-21-19-8-7-17-13-18(31)9-11-26(17,4)20(19)10-12-27(21,5)24(22)28(23,6)35-29/h7,18-24,31-32H,8-15H2,1-6H3/t18-,19+,20-,21-,22-,23+,24?,26-,27-,28-,29-/m0/s1. The Morgan fingerprint density at radius 3 is 2.60 bits per heavy atom. The van der Waals surface area contributed by atoms with E-state index in [2.05, 4.69) is 26.8 Å². The molecule has 5 fully saturated rings. The summed E-state index contributed by atoms with van der Waals surface area (Å²) in [5.41, 5.74) is -0.223. The summed E-state index contributed by atoms with van der Waals surface area (Å²) in [4.78, 5) is 12.1. The Kier molecular flexibility index (Phi) is 5.11. The number of ether oxygens (including phenoxy) is 3. The zero-order valence-corrected chi connectivity index (χ0v) is 22.3. The van der Waals surface area contributed by atoms with Crippen LogP contribution in [0.1, 0.15) is 92.9 Å². The highest BCUT2D eigenvalue weighted by molar-refractivity contribution is 5.66. The van der Waals surface area contributed by atoms with Gasteiger partial charge in [-0.3, -0.25) is 4.79 Å². The maximum Gasteiger partial charge on any atom is 0.303 e. The van der Waals surface area contributed by atoms with Crippen molar-refractivity contribution in [2.75, 3.05) is 0 Å². The Morgan fingerprint density at radius 2 is 1.91 bits per heavy atom. The van der Waals surface area contributed by atoms with E-state index in [1.807, 2.05) is 0 Å². The first-order valence-electron chi connectivity index (χ1n) is 13.9. The summed E-state index contributed by atoms with van der Waals surface area (Å²) in [6.45, 7) is 11.9. The summed E-state index contributed by atoms with van der Waals surface area (Å²) in [6, 6.07) is 0. The maximum atomic E-state index is 12.1. The van der Waals surface area contributed by atoms with Crippen molar-refractivity contribution >= 4 is 5.97 Å². The summed E-state index contributed by atoms with van der Waals surface area (Å²) in [7, 11) is 0. The first-order chi connectivity index (χ1) is 16.2. The number of carbonyl (C=O) groups is 1. The summed E-state index contributed by atoms with van der Waals surface area (Å²) in [5, 5.41) is 21.5. The largest absolute Gasteiger partial charge is 0.459 e. The van der Waals surface area contributed by atoms with Gasteiger partial charge in [0.05, 0.1) is 12.2 Å². The van der Waals surface area contributed by atoms with E-state index in [-0.39, 0.29) is 34.9 Å². The van der Waals surface area contributed by atoms with Gasteiger partial charge in [-0.15, -0.1) is 0 Å². The van der Waals surface area contributed by atoms with E-state index < -0.39 is 23.1 Å². The molecule has 0 aromatic heterocycles. The Labute approximate surface area is 209 Å². The Morgan fingerprint density at radius 1 is 1.17 bits per heavy atom. The average molecular weight is 489 g/mol. The third-order valence-electron chi connectivity index (χ3n) is 11.8. The molecule has 2 heterocycles. The van der Waals surface area contributed by atoms with Gasteiger partial charge in [0.15, 0.2) is 0 Å². The highest BCUT2D eigenvalue weighted by atomic mass is 16.8. The van der Waals surface area contributed by atoms with Crippen LogP contribution in [0.5, 0.6) is 0 Å². The van der Waals surface area contributed by atoms with Gasteiger partial charge in [-0.25, -0.2) is 0 Å². The van der Waals surface area contributed by atoms with Gasteiger partial charge in [0, 0.05) is 19.3 Å². The number of fused-ring (bicyclic) bond motifs is 10. The summed E-state index contributed by atoms with van der Waals surface area (Å²) in [6.07, 6.45) is 9.30. The van der Waals surface area contributed by atoms with Crippen molar-refractivity contribution in [2.24, 2.45) is 34.5 Å². The minimum atomic E-state index is -1.22. The molecule has 0 aromatic carbocycles. The molecule has 6 heteroatoms. The first kappa shape index (κ1) is 24.4.